The third kappa shape index (κ3) is 3.89. The van der Waals surface area contributed by atoms with E-state index < -0.39 is 11.7 Å². The van der Waals surface area contributed by atoms with E-state index >= 15 is 0 Å². The molecule has 0 radical (unpaired) electrons. The predicted molar refractivity (Wildman–Crippen MR) is 105 cm³/mol. The van der Waals surface area contributed by atoms with Gasteiger partial charge >= 0.3 is 6.18 Å². The lowest BCUT2D eigenvalue weighted by Crippen LogP contribution is -2.42. The van der Waals surface area contributed by atoms with Gasteiger partial charge < -0.3 is 10.2 Å². The van der Waals surface area contributed by atoms with Gasteiger partial charge in [-0.05, 0) is 55.1 Å². The quantitative estimate of drug-likeness (QED) is 0.774. The van der Waals surface area contributed by atoms with Gasteiger partial charge in [-0.25, -0.2) is 0 Å². The van der Waals surface area contributed by atoms with Crippen LogP contribution in [0.1, 0.15) is 35.2 Å². The van der Waals surface area contributed by atoms with E-state index in [0.717, 1.165) is 44.5 Å². The van der Waals surface area contributed by atoms with E-state index in [2.05, 4.69) is 5.32 Å². The number of amides is 1. The van der Waals surface area contributed by atoms with Crippen molar-refractivity contribution in [2.45, 2.75) is 37.5 Å². The highest BCUT2D eigenvalue weighted by atomic mass is 35.5. The van der Waals surface area contributed by atoms with Crippen molar-refractivity contribution in [2.75, 3.05) is 13.1 Å². The van der Waals surface area contributed by atoms with Gasteiger partial charge in [0.15, 0.2) is 0 Å². The van der Waals surface area contributed by atoms with Crippen molar-refractivity contribution >= 4 is 18.3 Å². The van der Waals surface area contributed by atoms with Gasteiger partial charge in [0.1, 0.15) is 0 Å². The summed E-state index contributed by atoms with van der Waals surface area (Å²) in [5.41, 5.74) is 1.16. The van der Waals surface area contributed by atoms with Gasteiger partial charge in [-0.15, -0.1) is 12.4 Å². The molecule has 28 heavy (non-hydrogen) atoms. The first-order chi connectivity index (χ1) is 12.9. The minimum atomic E-state index is -4.37. The van der Waals surface area contributed by atoms with Crippen molar-refractivity contribution in [2.24, 2.45) is 0 Å². The molecular weight excluding hydrogens is 389 g/mol. The number of nitrogens with one attached hydrogen (secondary N) is 1. The molecule has 4 rings (SSSR count). The first-order valence-electron chi connectivity index (χ1n) is 9.25. The Morgan fingerprint density at radius 1 is 0.964 bits per heavy atom. The largest absolute Gasteiger partial charge is 0.416 e. The van der Waals surface area contributed by atoms with Crippen molar-refractivity contribution in [1.29, 1.82) is 0 Å². The monoisotopic (exact) mass is 410 g/mol. The molecule has 150 valence electrons. The second-order valence-corrected chi connectivity index (χ2v) is 7.21. The fraction of sp³-hybridized carbons (Fsp3) is 0.381. The summed E-state index contributed by atoms with van der Waals surface area (Å²) in [6, 6.07) is 12.6. The number of carbonyl (C=O) groups is 1. The number of nitrogens with zero attached hydrogens (tertiary/aromatic N) is 1. The van der Waals surface area contributed by atoms with Crippen molar-refractivity contribution in [1.82, 2.24) is 10.2 Å². The molecule has 2 bridgehead atoms. The summed E-state index contributed by atoms with van der Waals surface area (Å²) in [6.45, 7) is 1.70. The van der Waals surface area contributed by atoms with Crippen LogP contribution in [0.2, 0.25) is 0 Å². The van der Waals surface area contributed by atoms with E-state index in [9.17, 15) is 18.0 Å². The molecule has 0 aliphatic carbocycles. The first-order valence-corrected chi connectivity index (χ1v) is 9.25. The number of benzene rings is 2. The van der Waals surface area contributed by atoms with E-state index in [0.29, 0.717) is 16.7 Å². The Bertz CT molecular complexity index is 824. The van der Waals surface area contributed by atoms with Crippen molar-refractivity contribution < 1.29 is 18.0 Å². The van der Waals surface area contributed by atoms with Crippen molar-refractivity contribution in [3.63, 3.8) is 0 Å². The number of fused-ring (bicyclic) bond motifs is 2. The topological polar surface area (TPSA) is 32.3 Å². The van der Waals surface area contributed by atoms with E-state index in [1.54, 1.807) is 18.2 Å². The van der Waals surface area contributed by atoms with Crippen molar-refractivity contribution in [3.8, 4) is 11.1 Å². The summed E-state index contributed by atoms with van der Waals surface area (Å²) in [7, 11) is 0. The minimum absolute atomic E-state index is 0. The Morgan fingerprint density at radius 3 is 2.36 bits per heavy atom. The van der Waals surface area contributed by atoms with E-state index in [1.165, 1.54) is 12.1 Å². The van der Waals surface area contributed by atoms with Crippen LogP contribution >= 0.6 is 12.4 Å². The van der Waals surface area contributed by atoms with Gasteiger partial charge in [0.05, 0.1) is 5.56 Å². The summed E-state index contributed by atoms with van der Waals surface area (Å²) in [6.07, 6.45) is -1.43. The molecule has 2 saturated heterocycles. The third-order valence-corrected chi connectivity index (χ3v) is 5.57. The molecule has 0 aromatic heterocycles. The van der Waals surface area contributed by atoms with Gasteiger partial charge in [-0.1, -0.05) is 30.3 Å². The number of hydrogen-bond donors (Lipinski definition) is 1. The molecular formula is C21H22ClF3N2O. The second-order valence-electron chi connectivity index (χ2n) is 7.21. The summed E-state index contributed by atoms with van der Waals surface area (Å²) in [5.74, 6) is -0.0262. The molecule has 2 unspecified atom stereocenters. The minimum Gasteiger partial charge on any atom is -0.331 e. The van der Waals surface area contributed by atoms with Gasteiger partial charge in [0.25, 0.3) is 5.91 Å². The normalized spacial score (nSPS) is 21.8. The lowest BCUT2D eigenvalue weighted by atomic mass is 9.97. The average Bonchev–Trinajstić information content (AvgIpc) is 2.93. The van der Waals surface area contributed by atoms with Crippen LogP contribution in [0.4, 0.5) is 13.2 Å². The lowest BCUT2D eigenvalue weighted by Gasteiger charge is -2.29. The summed E-state index contributed by atoms with van der Waals surface area (Å²) >= 11 is 0. The molecule has 3 nitrogen and oxygen atoms in total. The Hall–Kier alpha value is -2.05. The average molecular weight is 411 g/mol. The fourth-order valence-corrected chi connectivity index (χ4v) is 4.21. The van der Waals surface area contributed by atoms with Crippen LogP contribution in [-0.2, 0) is 6.18 Å². The van der Waals surface area contributed by atoms with Crippen LogP contribution in [-0.4, -0.2) is 36.0 Å². The standard InChI is InChI=1S/C21H21F3N2O.ClH/c22-21(23,24)15-7-5-14(6-8-15)18-3-1-2-4-19(18)20(27)26-16-9-10-17(26)13-25-12-11-16;/h1-8,16-17,25H,9-13H2;1H. The number of alkyl halides is 3. The highest BCUT2D eigenvalue weighted by Crippen LogP contribution is 2.34. The molecule has 2 aromatic rings. The van der Waals surface area contributed by atoms with Crippen LogP contribution < -0.4 is 5.32 Å². The summed E-state index contributed by atoms with van der Waals surface area (Å²) in [4.78, 5) is 15.3. The molecule has 0 spiro atoms. The molecule has 2 aromatic carbocycles. The van der Waals surface area contributed by atoms with E-state index in [4.69, 9.17) is 0 Å². The molecule has 2 heterocycles. The maximum absolute atomic E-state index is 13.4. The number of halogens is 4. The van der Waals surface area contributed by atoms with Gasteiger partial charge in [-0.2, -0.15) is 13.2 Å². The van der Waals surface area contributed by atoms with Crippen LogP contribution in [0.25, 0.3) is 11.1 Å². The van der Waals surface area contributed by atoms with Crippen LogP contribution in [0.3, 0.4) is 0 Å². The van der Waals surface area contributed by atoms with Crippen molar-refractivity contribution in [3.05, 3.63) is 59.7 Å². The molecule has 2 atom stereocenters. The summed E-state index contributed by atoms with van der Waals surface area (Å²) < 4.78 is 38.5. The van der Waals surface area contributed by atoms with Crippen LogP contribution in [0, 0.1) is 0 Å². The molecule has 2 fully saturated rings. The number of carbonyl (C=O) groups excluding carboxylic acids is 1. The van der Waals surface area contributed by atoms with Gasteiger partial charge in [0, 0.05) is 24.2 Å². The maximum atomic E-state index is 13.4. The van der Waals surface area contributed by atoms with Gasteiger partial charge in [-0.3, -0.25) is 4.79 Å². The van der Waals surface area contributed by atoms with Gasteiger partial charge in [0.2, 0.25) is 0 Å². The zero-order valence-corrected chi connectivity index (χ0v) is 16.0. The zero-order valence-electron chi connectivity index (χ0n) is 15.2. The van der Waals surface area contributed by atoms with Crippen LogP contribution in [0.15, 0.2) is 48.5 Å². The zero-order chi connectivity index (χ0) is 19.0. The van der Waals surface area contributed by atoms with Crippen LogP contribution in [0.5, 0.6) is 0 Å². The predicted octanol–water partition coefficient (Wildman–Crippen LogP) is 4.76. The van der Waals surface area contributed by atoms with E-state index in [1.807, 2.05) is 11.0 Å². The molecule has 2 aliphatic heterocycles. The molecule has 1 N–H and O–H groups in total. The highest BCUT2D eigenvalue weighted by Gasteiger charge is 2.39. The Kier molecular flexibility index (Phi) is 6.01. The maximum Gasteiger partial charge on any atom is 0.416 e. The molecule has 7 heteroatoms. The lowest BCUT2D eigenvalue weighted by molar-refractivity contribution is -0.137. The molecule has 2 aliphatic rings. The number of rotatable bonds is 2. The first kappa shape index (κ1) is 20.7. The van der Waals surface area contributed by atoms with E-state index in [-0.39, 0.29) is 30.4 Å². The number of hydrogen-bond acceptors (Lipinski definition) is 2. The second kappa shape index (κ2) is 8.13. The Morgan fingerprint density at radius 2 is 1.64 bits per heavy atom. The Labute approximate surface area is 168 Å². The smallest absolute Gasteiger partial charge is 0.331 e. The highest BCUT2D eigenvalue weighted by molar-refractivity contribution is 6.01. The molecule has 0 saturated carbocycles. The SMILES string of the molecule is Cl.O=C(c1ccccc1-c1ccc(C(F)(F)F)cc1)N1C2CCNCC1CC2. The third-order valence-electron chi connectivity index (χ3n) is 5.57. The Balaban J connectivity index is 0.00000225. The molecule has 1 amide bonds. The summed E-state index contributed by atoms with van der Waals surface area (Å²) in [5, 5.41) is 3.38. The fourth-order valence-electron chi connectivity index (χ4n) is 4.21.